The van der Waals surface area contributed by atoms with Crippen LogP contribution in [0.5, 0.6) is 0 Å². The maximum absolute atomic E-state index is 13.2. The zero-order valence-corrected chi connectivity index (χ0v) is 17.9. The van der Waals surface area contributed by atoms with Crippen LogP contribution in [0, 0.1) is 11.3 Å². The number of amides is 2. The second-order valence-corrected chi connectivity index (χ2v) is 9.42. The van der Waals surface area contributed by atoms with Gasteiger partial charge >= 0.3 is 0 Å². The number of benzene rings is 1. The molecule has 2 aromatic rings. The van der Waals surface area contributed by atoms with E-state index in [9.17, 15) is 18.0 Å². The van der Waals surface area contributed by atoms with Crippen LogP contribution < -0.4 is 4.90 Å². The van der Waals surface area contributed by atoms with E-state index in [0.29, 0.717) is 5.56 Å². The molecule has 158 valence electrons. The highest BCUT2D eigenvalue weighted by molar-refractivity contribution is 7.91. The van der Waals surface area contributed by atoms with Crippen molar-refractivity contribution in [2.75, 3.05) is 25.7 Å². The van der Waals surface area contributed by atoms with E-state index in [1.807, 2.05) is 6.07 Å². The number of rotatable bonds is 8. The molecule has 2 heterocycles. The third-order valence-corrected chi connectivity index (χ3v) is 7.89. The van der Waals surface area contributed by atoms with Crippen molar-refractivity contribution < 1.29 is 27.5 Å². The highest BCUT2D eigenvalue weighted by Crippen LogP contribution is 2.31. The smallest absolute Gasteiger partial charge is 0.253 e. The summed E-state index contributed by atoms with van der Waals surface area (Å²) in [6, 6.07) is 9.65. The first-order valence-electron chi connectivity index (χ1n) is 8.81. The van der Waals surface area contributed by atoms with Gasteiger partial charge in [-0.1, -0.05) is 6.07 Å². The maximum Gasteiger partial charge on any atom is 0.253 e. The van der Waals surface area contributed by atoms with E-state index in [1.54, 1.807) is 11.4 Å². The van der Waals surface area contributed by atoms with Gasteiger partial charge in [0.15, 0.2) is 6.29 Å². The average Bonchev–Trinajstić information content (AvgIpc) is 3.38. The van der Waals surface area contributed by atoms with Crippen LogP contribution in [0.1, 0.15) is 12.0 Å². The first kappa shape index (κ1) is 22.1. The van der Waals surface area contributed by atoms with Gasteiger partial charge < -0.3 is 9.47 Å². The second-order valence-electron chi connectivity index (χ2n) is 6.35. The summed E-state index contributed by atoms with van der Waals surface area (Å²) in [5, 5.41) is 10.5. The van der Waals surface area contributed by atoms with Crippen LogP contribution in [0.15, 0.2) is 46.0 Å². The van der Waals surface area contributed by atoms with Crippen molar-refractivity contribution in [3.63, 3.8) is 0 Å². The average molecular weight is 450 g/mol. The fourth-order valence-corrected chi connectivity index (χ4v) is 5.80. The molecule has 30 heavy (non-hydrogen) atoms. The minimum atomic E-state index is -4.08. The molecular formula is C19H19N3O6S2. The lowest BCUT2D eigenvalue weighted by Crippen LogP contribution is -2.48. The molecule has 0 saturated carbocycles. The van der Waals surface area contributed by atoms with Gasteiger partial charge in [-0.05, 0) is 35.7 Å². The van der Waals surface area contributed by atoms with Gasteiger partial charge in [-0.25, -0.2) is 13.3 Å². The Hall–Kier alpha value is -2.62. The Balaban J connectivity index is 1.98. The Labute approximate surface area is 178 Å². The molecule has 0 aliphatic carbocycles. The molecule has 1 unspecified atom stereocenters. The molecular weight excluding hydrogens is 430 g/mol. The lowest BCUT2D eigenvalue weighted by atomic mass is 10.2. The molecule has 1 aliphatic heterocycles. The minimum absolute atomic E-state index is 0.0468. The molecule has 1 atom stereocenters. The summed E-state index contributed by atoms with van der Waals surface area (Å²) < 4.78 is 37.7. The normalized spacial score (nSPS) is 17.2. The van der Waals surface area contributed by atoms with Crippen LogP contribution in [0.25, 0.3) is 0 Å². The molecule has 1 aromatic heterocycles. The molecule has 0 radical (unpaired) electrons. The lowest BCUT2D eigenvalue weighted by Gasteiger charge is -2.28. The van der Waals surface area contributed by atoms with Gasteiger partial charge in [0, 0.05) is 14.2 Å². The Morgan fingerprint density at radius 2 is 1.90 bits per heavy atom. The monoisotopic (exact) mass is 449 g/mol. The van der Waals surface area contributed by atoms with E-state index in [1.165, 1.54) is 44.6 Å². The van der Waals surface area contributed by atoms with Crippen LogP contribution in [0.2, 0.25) is 0 Å². The number of thiophene rings is 1. The Morgan fingerprint density at radius 1 is 1.23 bits per heavy atom. The number of imide groups is 1. The highest BCUT2D eigenvalue weighted by Gasteiger charge is 2.47. The van der Waals surface area contributed by atoms with Crippen LogP contribution >= 0.6 is 11.3 Å². The third kappa shape index (κ3) is 4.14. The number of ether oxygens (including phenoxy) is 2. The molecule has 1 saturated heterocycles. The van der Waals surface area contributed by atoms with Crippen molar-refractivity contribution in [3.05, 3.63) is 47.3 Å². The van der Waals surface area contributed by atoms with Gasteiger partial charge in [0.25, 0.3) is 15.9 Å². The van der Waals surface area contributed by atoms with Gasteiger partial charge in [-0.2, -0.15) is 9.57 Å². The minimum Gasteiger partial charge on any atom is -0.354 e. The van der Waals surface area contributed by atoms with Gasteiger partial charge in [-0.3, -0.25) is 9.59 Å². The topological polar surface area (TPSA) is 117 Å². The number of sulfonamides is 1. The van der Waals surface area contributed by atoms with Crippen LogP contribution in [0.3, 0.4) is 0 Å². The molecule has 2 amide bonds. The number of hydrogen-bond donors (Lipinski definition) is 0. The summed E-state index contributed by atoms with van der Waals surface area (Å²) in [5.74, 6) is -1.21. The van der Waals surface area contributed by atoms with E-state index in [4.69, 9.17) is 14.7 Å². The predicted molar refractivity (Wildman–Crippen MR) is 108 cm³/mol. The fraction of sp³-hybridized carbons (Fsp3) is 0.316. The third-order valence-electron chi connectivity index (χ3n) is 4.64. The van der Waals surface area contributed by atoms with Crippen molar-refractivity contribution >= 4 is 38.9 Å². The molecule has 3 rings (SSSR count). The highest BCUT2D eigenvalue weighted by atomic mass is 32.2. The number of anilines is 1. The van der Waals surface area contributed by atoms with Crippen LogP contribution in [0.4, 0.5) is 5.69 Å². The Kier molecular flexibility index (Phi) is 6.64. The number of hydrogen-bond acceptors (Lipinski definition) is 8. The van der Waals surface area contributed by atoms with Crippen LogP contribution in [-0.4, -0.2) is 57.6 Å². The number of methoxy groups -OCH3 is 2. The number of nitriles is 1. The van der Waals surface area contributed by atoms with Crippen molar-refractivity contribution in [2.24, 2.45) is 0 Å². The SMILES string of the molecule is COC(CN(C1CC(=O)N(c2ccc(C#N)cc2)C1=O)S(=O)(=O)c1cccs1)OC. The van der Waals surface area contributed by atoms with Gasteiger partial charge in [0.1, 0.15) is 10.3 Å². The summed E-state index contributed by atoms with van der Waals surface area (Å²) >= 11 is 1.01. The van der Waals surface area contributed by atoms with E-state index >= 15 is 0 Å². The molecule has 0 N–H and O–H groups in total. The van der Waals surface area contributed by atoms with Crippen LogP contribution in [-0.2, 0) is 29.1 Å². The van der Waals surface area contributed by atoms with Gasteiger partial charge in [0.05, 0.1) is 30.3 Å². The van der Waals surface area contributed by atoms with Crippen molar-refractivity contribution in [1.29, 1.82) is 5.26 Å². The zero-order chi connectivity index (χ0) is 21.9. The molecule has 11 heteroatoms. The second kappa shape index (κ2) is 9.03. The van der Waals surface area contributed by atoms with E-state index < -0.39 is 34.2 Å². The summed E-state index contributed by atoms with van der Waals surface area (Å²) in [4.78, 5) is 26.7. The maximum atomic E-state index is 13.2. The summed E-state index contributed by atoms with van der Waals surface area (Å²) in [6.07, 6.45) is -1.24. The molecule has 1 aromatic carbocycles. The Morgan fingerprint density at radius 3 is 2.43 bits per heavy atom. The van der Waals surface area contributed by atoms with E-state index in [2.05, 4.69) is 0 Å². The van der Waals surface area contributed by atoms with Crippen molar-refractivity contribution in [1.82, 2.24) is 4.31 Å². The lowest BCUT2D eigenvalue weighted by molar-refractivity contribution is -0.125. The predicted octanol–water partition coefficient (Wildman–Crippen LogP) is 1.56. The van der Waals surface area contributed by atoms with Crippen molar-refractivity contribution in [2.45, 2.75) is 23.0 Å². The summed E-state index contributed by atoms with van der Waals surface area (Å²) in [6.45, 7) is -0.266. The van der Waals surface area contributed by atoms with E-state index in [-0.39, 0.29) is 22.9 Å². The molecule has 1 fully saturated rings. The molecule has 1 aliphatic rings. The van der Waals surface area contributed by atoms with Crippen molar-refractivity contribution in [3.8, 4) is 6.07 Å². The zero-order valence-electron chi connectivity index (χ0n) is 16.2. The Bertz CT molecular complexity index is 1060. The standard InChI is InChI=1S/C19H19N3O6S2/c1-27-17(28-2)12-21(30(25,26)18-4-3-9-29-18)15-10-16(23)22(19(15)24)14-7-5-13(11-20)6-8-14/h3-9,15,17H,10,12H2,1-2H3. The number of carbonyl (C=O) groups excluding carboxylic acids is 2. The number of nitrogens with zero attached hydrogens (tertiary/aromatic N) is 3. The number of carbonyl (C=O) groups is 2. The quantitative estimate of drug-likeness (QED) is 0.443. The first-order valence-corrected chi connectivity index (χ1v) is 11.1. The summed E-state index contributed by atoms with van der Waals surface area (Å²) in [7, 11) is -1.37. The molecule has 9 nitrogen and oxygen atoms in total. The molecule has 0 spiro atoms. The summed E-state index contributed by atoms with van der Waals surface area (Å²) in [5.41, 5.74) is 0.648. The van der Waals surface area contributed by atoms with Gasteiger partial charge in [-0.15, -0.1) is 11.3 Å². The fourth-order valence-electron chi connectivity index (χ4n) is 3.11. The first-order chi connectivity index (χ1) is 14.3. The molecule has 0 bridgehead atoms. The van der Waals surface area contributed by atoms with Gasteiger partial charge in [0.2, 0.25) is 5.91 Å². The largest absolute Gasteiger partial charge is 0.354 e. The van der Waals surface area contributed by atoms with E-state index in [0.717, 1.165) is 20.5 Å².